The van der Waals surface area contributed by atoms with E-state index >= 15 is 0 Å². The summed E-state index contributed by atoms with van der Waals surface area (Å²) >= 11 is 0. The average molecular weight is 358 g/mol. The van der Waals surface area contributed by atoms with Crippen molar-refractivity contribution in [2.75, 3.05) is 46.7 Å². The molecule has 140 valence electrons. The lowest BCUT2D eigenvalue weighted by Crippen LogP contribution is -2.27. The van der Waals surface area contributed by atoms with Gasteiger partial charge in [0.15, 0.2) is 0 Å². The quantitative estimate of drug-likeness (QED) is 0.671. The number of hydrogen-bond donors (Lipinski definition) is 2. The van der Waals surface area contributed by atoms with Gasteiger partial charge in [0.25, 0.3) is 5.91 Å². The maximum atomic E-state index is 12.3. The summed E-state index contributed by atoms with van der Waals surface area (Å²) in [6, 6.07) is 8.83. The number of nitrogens with zero attached hydrogens (tertiary/aromatic N) is 2. The van der Waals surface area contributed by atoms with Crippen molar-refractivity contribution in [2.45, 2.75) is 6.42 Å². The number of anilines is 2. The number of ether oxygens (including phenoxy) is 2. The number of carbonyl (C=O) groups is 1. The van der Waals surface area contributed by atoms with Gasteiger partial charge in [0, 0.05) is 24.4 Å². The topological polar surface area (TPSA) is 75.7 Å². The number of hydrogen-bond acceptors (Lipinski definition) is 6. The highest BCUT2D eigenvalue weighted by atomic mass is 16.5. The summed E-state index contributed by atoms with van der Waals surface area (Å²) in [5, 5.41) is 6.09. The Morgan fingerprint density at radius 3 is 2.65 bits per heavy atom. The Bertz CT molecular complexity index is 734. The first kappa shape index (κ1) is 19.5. The largest absolute Gasteiger partial charge is 0.497 e. The summed E-state index contributed by atoms with van der Waals surface area (Å²) in [6.45, 7) is 1.56. The van der Waals surface area contributed by atoms with Crippen LogP contribution >= 0.6 is 0 Å². The fourth-order valence-corrected chi connectivity index (χ4v) is 2.39. The molecule has 0 atom stereocenters. The van der Waals surface area contributed by atoms with Crippen LogP contribution in [0.2, 0.25) is 0 Å². The van der Waals surface area contributed by atoms with Gasteiger partial charge >= 0.3 is 0 Å². The Hall–Kier alpha value is -2.80. The number of pyridine rings is 1. The van der Waals surface area contributed by atoms with Crippen molar-refractivity contribution in [3.8, 4) is 11.5 Å². The molecule has 0 fully saturated rings. The molecule has 1 amide bonds. The summed E-state index contributed by atoms with van der Waals surface area (Å²) in [4.78, 5) is 18.7. The number of carbonyl (C=O) groups excluding carboxylic acids is 1. The van der Waals surface area contributed by atoms with Gasteiger partial charge in [-0.3, -0.25) is 4.79 Å². The third-order valence-electron chi connectivity index (χ3n) is 3.76. The van der Waals surface area contributed by atoms with Crippen LogP contribution in [0.4, 0.5) is 11.5 Å². The summed E-state index contributed by atoms with van der Waals surface area (Å²) in [5.41, 5.74) is 1.26. The van der Waals surface area contributed by atoms with E-state index in [2.05, 4.69) is 20.5 Å². The maximum Gasteiger partial charge on any atom is 0.251 e. The van der Waals surface area contributed by atoms with Crippen LogP contribution in [0.5, 0.6) is 11.5 Å². The Balaban J connectivity index is 2.06. The molecule has 0 radical (unpaired) electrons. The van der Waals surface area contributed by atoms with Crippen LogP contribution in [0.1, 0.15) is 16.8 Å². The second kappa shape index (κ2) is 9.62. The van der Waals surface area contributed by atoms with Gasteiger partial charge < -0.3 is 25.0 Å². The van der Waals surface area contributed by atoms with E-state index in [1.54, 1.807) is 32.5 Å². The van der Waals surface area contributed by atoms with E-state index in [0.717, 1.165) is 13.0 Å². The fraction of sp³-hybridized carbons (Fsp3) is 0.368. The third-order valence-corrected chi connectivity index (χ3v) is 3.76. The molecule has 0 aliphatic rings. The second-order valence-corrected chi connectivity index (χ2v) is 6.03. The summed E-state index contributed by atoms with van der Waals surface area (Å²) in [5.74, 6) is 1.79. The minimum Gasteiger partial charge on any atom is -0.497 e. The molecule has 0 unspecified atom stereocenters. The highest BCUT2D eigenvalue weighted by Gasteiger charge is 2.09. The zero-order chi connectivity index (χ0) is 18.9. The van der Waals surface area contributed by atoms with Gasteiger partial charge in [0.05, 0.1) is 19.9 Å². The van der Waals surface area contributed by atoms with E-state index < -0.39 is 0 Å². The fourth-order valence-electron chi connectivity index (χ4n) is 2.39. The molecule has 2 rings (SSSR count). The van der Waals surface area contributed by atoms with E-state index in [4.69, 9.17) is 9.47 Å². The van der Waals surface area contributed by atoms with Crippen molar-refractivity contribution < 1.29 is 14.3 Å². The zero-order valence-electron chi connectivity index (χ0n) is 15.7. The molecular weight excluding hydrogens is 332 g/mol. The minimum atomic E-state index is -0.119. The second-order valence-electron chi connectivity index (χ2n) is 6.03. The van der Waals surface area contributed by atoms with Crippen LogP contribution in [0.3, 0.4) is 0 Å². The first-order valence-corrected chi connectivity index (χ1v) is 8.41. The Morgan fingerprint density at radius 2 is 1.96 bits per heavy atom. The number of nitrogens with one attached hydrogen (secondary N) is 2. The van der Waals surface area contributed by atoms with Crippen LogP contribution in [0, 0.1) is 0 Å². The van der Waals surface area contributed by atoms with E-state index in [1.807, 2.05) is 32.3 Å². The van der Waals surface area contributed by atoms with Gasteiger partial charge in [-0.25, -0.2) is 4.98 Å². The third kappa shape index (κ3) is 5.63. The molecule has 0 spiro atoms. The highest BCUT2D eigenvalue weighted by molar-refractivity contribution is 5.94. The van der Waals surface area contributed by atoms with Gasteiger partial charge in [0.2, 0.25) is 0 Å². The Labute approximate surface area is 154 Å². The van der Waals surface area contributed by atoms with Crippen LogP contribution in [-0.2, 0) is 0 Å². The molecule has 0 aliphatic heterocycles. The lowest BCUT2D eigenvalue weighted by Gasteiger charge is -2.13. The predicted octanol–water partition coefficient (Wildman–Crippen LogP) is 2.52. The molecule has 7 nitrogen and oxygen atoms in total. The minimum absolute atomic E-state index is 0.119. The summed E-state index contributed by atoms with van der Waals surface area (Å²) in [6.07, 6.45) is 2.50. The molecule has 26 heavy (non-hydrogen) atoms. The highest BCUT2D eigenvalue weighted by Crippen LogP contribution is 2.31. The number of rotatable bonds is 9. The number of benzene rings is 1. The molecule has 1 aromatic carbocycles. The molecule has 0 saturated heterocycles. The van der Waals surface area contributed by atoms with Crippen molar-refractivity contribution in [1.82, 2.24) is 15.2 Å². The predicted molar refractivity (Wildman–Crippen MR) is 103 cm³/mol. The average Bonchev–Trinajstić information content (AvgIpc) is 2.65. The molecule has 0 aliphatic carbocycles. The lowest BCUT2D eigenvalue weighted by molar-refractivity contribution is 0.0952. The smallest absolute Gasteiger partial charge is 0.251 e. The van der Waals surface area contributed by atoms with Crippen LogP contribution in [-0.4, -0.2) is 57.2 Å². The first-order valence-electron chi connectivity index (χ1n) is 8.41. The summed E-state index contributed by atoms with van der Waals surface area (Å²) in [7, 11) is 7.22. The zero-order valence-corrected chi connectivity index (χ0v) is 15.7. The first-order chi connectivity index (χ1) is 12.5. The van der Waals surface area contributed by atoms with Gasteiger partial charge in [-0.1, -0.05) is 0 Å². The van der Waals surface area contributed by atoms with Crippen molar-refractivity contribution in [1.29, 1.82) is 0 Å². The lowest BCUT2D eigenvalue weighted by atomic mass is 10.2. The molecule has 7 heteroatoms. The van der Waals surface area contributed by atoms with Crippen molar-refractivity contribution in [3.05, 3.63) is 42.1 Å². The van der Waals surface area contributed by atoms with Crippen molar-refractivity contribution in [2.24, 2.45) is 0 Å². The molecule has 1 aromatic heterocycles. The van der Waals surface area contributed by atoms with E-state index in [-0.39, 0.29) is 5.91 Å². The Kier molecular flexibility index (Phi) is 7.23. The molecule has 2 aromatic rings. The van der Waals surface area contributed by atoms with Gasteiger partial charge in [-0.2, -0.15) is 0 Å². The molecular formula is C19H26N4O3. The number of amides is 1. The van der Waals surface area contributed by atoms with Crippen molar-refractivity contribution >= 4 is 17.4 Å². The number of aromatic nitrogens is 1. The normalized spacial score (nSPS) is 10.5. The molecule has 1 heterocycles. The van der Waals surface area contributed by atoms with Crippen LogP contribution in [0.15, 0.2) is 36.5 Å². The summed E-state index contributed by atoms with van der Waals surface area (Å²) < 4.78 is 10.6. The van der Waals surface area contributed by atoms with Crippen LogP contribution in [0.25, 0.3) is 0 Å². The van der Waals surface area contributed by atoms with Gasteiger partial charge in [-0.15, -0.1) is 0 Å². The van der Waals surface area contributed by atoms with Crippen molar-refractivity contribution in [3.63, 3.8) is 0 Å². The van der Waals surface area contributed by atoms with E-state index in [1.165, 1.54) is 0 Å². The Morgan fingerprint density at radius 1 is 1.15 bits per heavy atom. The maximum absolute atomic E-state index is 12.3. The SMILES string of the molecule is COc1ccc(OC)c(Nc2cc(C(=O)NCCCN(C)C)ccn2)c1. The molecule has 0 bridgehead atoms. The van der Waals surface area contributed by atoms with E-state index in [9.17, 15) is 4.79 Å². The van der Waals surface area contributed by atoms with Gasteiger partial charge in [-0.05, 0) is 51.3 Å². The monoisotopic (exact) mass is 358 g/mol. The molecule has 2 N–H and O–H groups in total. The standard InChI is InChI=1S/C19H26N4O3/c1-23(2)11-5-9-21-19(24)14-8-10-20-18(12-14)22-16-13-15(25-3)6-7-17(16)26-4/h6-8,10,12-13H,5,9,11H2,1-4H3,(H,20,22)(H,21,24). The number of methoxy groups -OCH3 is 2. The molecule has 0 saturated carbocycles. The van der Waals surface area contributed by atoms with Gasteiger partial charge in [0.1, 0.15) is 17.3 Å². The van der Waals surface area contributed by atoms with E-state index in [0.29, 0.717) is 35.1 Å². The van der Waals surface area contributed by atoms with Crippen LogP contribution < -0.4 is 20.1 Å².